The summed E-state index contributed by atoms with van der Waals surface area (Å²) in [5.41, 5.74) is 5.95. The predicted molar refractivity (Wildman–Crippen MR) is 53.0 cm³/mol. The summed E-state index contributed by atoms with van der Waals surface area (Å²) in [6.45, 7) is 0. The van der Waals surface area contributed by atoms with Gasteiger partial charge in [0.2, 0.25) is 0 Å². The molecule has 1 spiro atoms. The van der Waals surface area contributed by atoms with Gasteiger partial charge in [-0.25, -0.2) is 0 Å². The molecule has 0 nitrogen and oxygen atoms in total. The van der Waals surface area contributed by atoms with Crippen molar-refractivity contribution >= 4 is 0 Å². The van der Waals surface area contributed by atoms with E-state index in [1.54, 1.807) is 0 Å². The second-order valence-electron chi connectivity index (χ2n) is 3.90. The van der Waals surface area contributed by atoms with Crippen LogP contribution in [0.3, 0.4) is 0 Å². The Hall–Kier alpha value is -1.56. The zero-order valence-electron chi connectivity index (χ0n) is 7.12. The van der Waals surface area contributed by atoms with Crippen LogP contribution in [0, 0.1) is 5.41 Å². The van der Waals surface area contributed by atoms with E-state index in [2.05, 4.69) is 48.6 Å². The summed E-state index contributed by atoms with van der Waals surface area (Å²) in [5, 5.41) is 0. The Balaban J connectivity index is 2.13. The fraction of sp³-hybridized carbons (Fsp3) is 0.0769. The van der Waals surface area contributed by atoms with Crippen LogP contribution in [0.4, 0.5) is 0 Å². The molecule has 13 heavy (non-hydrogen) atoms. The lowest BCUT2D eigenvalue weighted by atomic mass is 9.75. The molecule has 0 fully saturated rings. The molecular weight excluding hydrogens is 156 g/mol. The van der Waals surface area contributed by atoms with E-state index in [-0.39, 0.29) is 5.41 Å². The first kappa shape index (κ1) is 5.98. The minimum atomic E-state index is 0.167. The van der Waals surface area contributed by atoms with Gasteiger partial charge < -0.3 is 0 Å². The fourth-order valence-corrected chi connectivity index (χ4v) is 2.94. The van der Waals surface area contributed by atoms with Gasteiger partial charge >= 0.3 is 0 Å². The van der Waals surface area contributed by atoms with Crippen LogP contribution in [0.2, 0.25) is 0 Å². The number of hydrogen-bond donors (Lipinski definition) is 0. The van der Waals surface area contributed by atoms with Crippen molar-refractivity contribution < 1.29 is 0 Å². The number of hydrogen-bond acceptors (Lipinski definition) is 0. The average molecular weight is 164 g/mol. The lowest BCUT2D eigenvalue weighted by Crippen LogP contribution is -2.17. The van der Waals surface area contributed by atoms with E-state index in [0.717, 1.165) is 0 Å². The third-order valence-corrected chi connectivity index (χ3v) is 3.50. The molecule has 0 radical (unpaired) electrons. The minimum absolute atomic E-state index is 0.167. The maximum Gasteiger partial charge on any atom is 0.0701 e. The molecule has 0 aromatic rings. The lowest BCUT2D eigenvalue weighted by Gasteiger charge is -2.25. The van der Waals surface area contributed by atoms with Crippen LogP contribution in [-0.4, -0.2) is 0 Å². The highest BCUT2D eigenvalue weighted by molar-refractivity contribution is 5.77. The van der Waals surface area contributed by atoms with Gasteiger partial charge in [-0.1, -0.05) is 48.6 Å². The largest absolute Gasteiger partial charge is 0.0701 e. The molecule has 0 aromatic carbocycles. The Morgan fingerprint density at radius 3 is 1.08 bits per heavy atom. The van der Waals surface area contributed by atoms with Gasteiger partial charge in [0.1, 0.15) is 0 Å². The monoisotopic (exact) mass is 164 g/mol. The summed E-state index contributed by atoms with van der Waals surface area (Å²) in [4.78, 5) is 0. The van der Waals surface area contributed by atoms with E-state index in [4.69, 9.17) is 0 Å². The van der Waals surface area contributed by atoms with Crippen LogP contribution >= 0.6 is 0 Å². The summed E-state index contributed by atoms with van der Waals surface area (Å²) < 4.78 is 0. The van der Waals surface area contributed by atoms with Gasteiger partial charge in [-0.3, -0.25) is 0 Å². The first-order valence-corrected chi connectivity index (χ1v) is 4.64. The van der Waals surface area contributed by atoms with Crippen molar-refractivity contribution in [3.8, 4) is 0 Å². The second-order valence-corrected chi connectivity index (χ2v) is 3.90. The van der Waals surface area contributed by atoms with Crippen molar-refractivity contribution in [2.75, 3.05) is 0 Å². The van der Waals surface area contributed by atoms with E-state index >= 15 is 0 Å². The van der Waals surface area contributed by atoms with Crippen LogP contribution in [0.15, 0.2) is 70.9 Å². The molecule has 0 amide bonds. The molecule has 0 saturated heterocycles. The maximum atomic E-state index is 2.25. The highest BCUT2D eigenvalue weighted by Gasteiger charge is 2.50. The van der Waals surface area contributed by atoms with Crippen LogP contribution in [0.25, 0.3) is 0 Å². The molecule has 4 aliphatic carbocycles. The lowest BCUT2D eigenvalue weighted by molar-refractivity contribution is 0.737. The SMILES string of the molecule is C1=CC2=CC=C1C21C2=CC=C1C=C2. The van der Waals surface area contributed by atoms with Crippen LogP contribution < -0.4 is 0 Å². The van der Waals surface area contributed by atoms with Gasteiger partial charge in [0.15, 0.2) is 0 Å². The van der Waals surface area contributed by atoms with E-state index in [1.807, 2.05) is 0 Å². The molecule has 0 aliphatic heterocycles. The molecule has 4 rings (SSSR count). The smallest absolute Gasteiger partial charge is 0.0571 e. The van der Waals surface area contributed by atoms with Crippen molar-refractivity contribution in [3.63, 3.8) is 0 Å². The molecule has 60 valence electrons. The highest BCUT2D eigenvalue weighted by atomic mass is 14.5. The third kappa shape index (κ3) is 0.413. The first-order chi connectivity index (χ1) is 6.42. The zero-order valence-corrected chi connectivity index (χ0v) is 7.12. The Bertz CT molecular complexity index is 407. The van der Waals surface area contributed by atoms with E-state index in [0.29, 0.717) is 0 Å². The Morgan fingerprint density at radius 1 is 0.538 bits per heavy atom. The molecule has 0 unspecified atom stereocenters. The maximum absolute atomic E-state index is 2.25. The van der Waals surface area contributed by atoms with Gasteiger partial charge in [-0.05, 0) is 22.3 Å². The van der Waals surface area contributed by atoms with Crippen LogP contribution in [0.5, 0.6) is 0 Å². The standard InChI is InChI=1S/C13H8/c1-2-10-4-3-9(1)13(10)11-5-6-12(13)8-7-11/h1-8H. The number of allylic oxidation sites excluding steroid dienone is 12. The highest BCUT2D eigenvalue weighted by Crippen LogP contribution is 2.61. The number of rotatable bonds is 0. The van der Waals surface area contributed by atoms with Crippen molar-refractivity contribution in [2.45, 2.75) is 0 Å². The summed E-state index contributed by atoms with van der Waals surface area (Å²) in [6, 6.07) is 0. The Labute approximate surface area is 77.0 Å². The van der Waals surface area contributed by atoms with Crippen molar-refractivity contribution in [1.82, 2.24) is 0 Å². The first-order valence-electron chi connectivity index (χ1n) is 4.64. The molecule has 4 aliphatic rings. The van der Waals surface area contributed by atoms with Crippen molar-refractivity contribution in [1.29, 1.82) is 0 Å². The molecule has 4 bridgehead atoms. The molecule has 0 saturated carbocycles. The summed E-state index contributed by atoms with van der Waals surface area (Å²) >= 11 is 0. The summed E-state index contributed by atoms with van der Waals surface area (Å²) in [7, 11) is 0. The molecule has 0 aromatic heterocycles. The Kier molecular flexibility index (Phi) is 0.716. The van der Waals surface area contributed by atoms with Gasteiger partial charge in [-0.2, -0.15) is 0 Å². The van der Waals surface area contributed by atoms with E-state index < -0.39 is 0 Å². The van der Waals surface area contributed by atoms with Gasteiger partial charge in [0.05, 0.1) is 5.41 Å². The summed E-state index contributed by atoms with van der Waals surface area (Å²) in [5.74, 6) is 0. The molecule has 0 heterocycles. The van der Waals surface area contributed by atoms with Crippen molar-refractivity contribution in [3.05, 3.63) is 70.9 Å². The normalized spacial score (nSPS) is 28.3. The van der Waals surface area contributed by atoms with Gasteiger partial charge in [0.25, 0.3) is 0 Å². The quantitative estimate of drug-likeness (QED) is 0.516. The van der Waals surface area contributed by atoms with E-state index in [1.165, 1.54) is 22.3 Å². The van der Waals surface area contributed by atoms with E-state index in [9.17, 15) is 0 Å². The predicted octanol–water partition coefficient (Wildman–Crippen LogP) is 2.85. The topological polar surface area (TPSA) is 0 Å². The molecular formula is C13H8. The molecule has 0 heteroatoms. The van der Waals surface area contributed by atoms with Gasteiger partial charge in [-0.15, -0.1) is 0 Å². The average Bonchev–Trinajstić information content (AvgIpc) is 2.92. The third-order valence-electron chi connectivity index (χ3n) is 3.50. The van der Waals surface area contributed by atoms with Crippen LogP contribution in [0.1, 0.15) is 0 Å². The Morgan fingerprint density at radius 2 is 0.846 bits per heavy atom. The zero-order chi connectivity index (χ0) is 8.47. The molecule has 0 atom stereocenters. The van der Waals surface area contributed by atoms with Gasteiger partial charge in [0, 0.05) is 0 Å². The fourth-order valence-electron chi connectivity index (χ4n) is 2.94. The summed E-state index contributed by atoms with van der Waals surface area (Å²) in [6.07, 6.45) is 18.0. The minimum Gasteiger partial charge on any atom is -0.0571 e. The molecule has 0 N–H and O–H groups in total. The second kappa shape index (κ2) is 1.56. The van der Waals surface area contributed by atoms with Crippen LogP contribution in [-0.2, 0) is 0 Å². The van der Waals surface area contributed by atoms with Crippen molar-refractivity contribution in [2.24, 2.45) is 5.41 Å².